The first-order valence-electron chi connectivity index (χ1n) is 5.93. The van der Waals surface area contributed by atoms with Crippen molar-refractivity contribution >= 4 is 21.5 Å². The first-order valence-corrected chi connectivity index (χ1v) is 7.48. The summed E-state index contributed by atoms with van der Waals surface area (Å²) in [5.41, 5.74) is 7.54. The highest BCUT2D eigenvalue weighted by Crippen LogP contribution is 2.23. The lowest BCUT2D eigenvalue weighted by molar-refractivity contribution is 0.597. The van der Waals surface area contributed by atoms with Crippen LogP contribution in [0.4, 0.5) is 11.5 Å². The molecular formula is C13H16N4O2S. The molecule has 0 aliphatic heterocycles. The van der Waals surface area contributed by atoms with Crippen LogP contribution in [-0.2, 0) is 16.6 Å². The van der Waals surface area contributed by atoms with Crippen LogP contribution in [0.1, 0.15) is 5.56 Å². The van der Waals surface area contributed by atoms with Crippen molar-refractivity contribution < 1.29 is 8.42 Å². The van der Waals surface area contributed by atoms with Gasteiger partial charge in [0.15, 0.2) is 0 Å². The van der Waals surface area contributed by atoms with Crippen molar-refractivity contribution in [2.24, 2.45) is 10.9 Å². The van der Waals surface area contributed by atoms with E-state index >= 15 is 0 Å². The van der Waals surface area contributed by atoms with E-state index in [2.05, 4.69) is 4.98 Å². The van der Waals surface area contributed by atoms with Gasteiger partial charge in [0.25, 0.3) is 0 Å². The fraction of sp³-hybridized carbons (Fsp3) is 0.154. The maximum Gasteiger partial charge on any atom is 0.239 e. The van der Waals surface area contributed by atoms with Crippen molar-refractivity contribution in [2.45, 2.75) is 11.4 Å². The minimum atomic E-state index is -3.72. The van der Waals surface area contributed by atoms with E-state index < -0.39 is 10.0 Å². The predicted octanol–water partition coefficient (Wildman–Crippen LogP) is 0.956. The van der Waals surface area contributed by atoms with Crippen LogP contribution in [0, 0.1) is 0 Å². The molecule has 0 amide bonds. The Hall–Kier alpha value is -1.96. The molecule has 0 unspecified atom stereocenters. The molecule has 2 aromatic rings. The number of aromatic nitrogens is 1. The monoisotopic (exact) mass is 292 g/mol. The van der Waals surface area contributed by atoms with Crippen molar-refractivity contribution in [2.75, 3.05) is 11.9 Å². The molecule has 0 aliphatic rings. The number of nitrogens with zero attached hydrogens (tertiary/aromatic N) is 2. The lowest BCUT2D eigenvalue weighted by Gasteiger charge is -2.19. The smallest absolute Gasteiger partial charge is 0.239 e. The Morgan fingerprint density at radius 3 is 2.55 bits per heavy atom. The Morgan fingerprint density at radius 1 is 1.25 bits per heavy atom. The second-order valence-corrected chi connectivity index (χ2v) is 5.89. The zero-order valence-electron chi connectivity index (χ0n) is 11.0. The fourth-order valence-corrected chi connectivity index (χ4v) is 2.22. The first-order chi connectivity index (χ1) is 9.41. The molecule has 1 aromatic carbocycles. The van der Waals surface area contributed by atoms with E-state index in [1.165, 1.54) is 12.3 Å². The van der Waals surface area contributed by atoms with E-state index in [0.717, 1.165) is 11.3 Å². The number of benzene rings is 1. The third-order valence-corrected chi connectivity index (χ3v) is 3.83. The maximum absolute atomic E-state index is 11.2. The van der Waals surface area contributed by atoms with Gasteiger partial charge in [0.2, 0.25) is 10.0 Å². The van der Waals surface area contributed by atoms with E-state index in [1.54, 1.807) is 6.07 Å². The fourth-order valence-electron chi connectivity index (χ4n) is 1.76. The molecule has 4 N–H and O–H groups in total. The predicted molar refractivity (Wildman–Crippen MR) is 78.0 cm³/mol. The van der Waals surface area contributed by atoms with Crippen molar-refractivity contribution in [3.63, 3.8) is 0 Å². The van der Waals surface area contributed by atoms with Gasteiger partial charge in [-0.05, 0) is 29.8 Å². The lowest BCUT2D eigenvalue weighted by atomic mass is 10.2. The molecule has 1 aromatic heterocycles. The minimum absolute atomic E-state index is 0.00893. The molecule has 106 valence electrons. The molecule has 0 saturated heterocycles. The van der Waals surface area contributed by atoms with Crippen molar-refractivity contribution in [3.8, 4) is 0 Å². The van der Waals surface area contributed by atoms with E-state index in [9.17, 15) is 8.42 Å². The SMILES string of the molecule is CN(c1cccc(CN)c1)c1ccc(S(N)(=O)=O)cn1. The van der Waals surface area contributed by atoms with E-state index in [-0.39, 0.29) is 4.90 Å². The van der Waals surface area contributed by atoms with Crippen LogP contribution < -0.4 is 15.8 Å². The number of sulfonamides is 1. The topological polar surface area (TPSA) is 102 Å². The molecule has 0 atom stereocenters. The average molecular weight is 292 g/mol. The normalized spacial score (nSPS) is 11.3. The summed E-state index contributed by atoms with van der Waals surface area (Å²) < 4.78 is 22.4. The highest BCUT2D eigenvalue weighted by molar-refractivity contribution is 7.89. The van der Waals surface area contributed by atoms with Crippen LogP contribution in [-0.4, -0.2) is 20.4 Å². The van der Waals surface area contributed by atoms with Gasteiger partial charge >= 0.3 is 0 Å². The Labute approximate surface area is 118 Å². The van der Waals surface area contributed by atoms with E-state index in [1.807, 2.05) is 36.2 Å². The second kappa shape index (κ2) is 5.58. The standard InChI is InChI=1S/C13H16N4O2S/c1-17(11-4-2-3-10(7-11)8-14)13-6-5-12(9-16-13)20(15,18)19/h2-7,9H,8,14H2,1H3,(H2,15,18,19). The van der Waals surface area contributed by atoms with E-state index in [0.29, 0.717) is 12.4 Å². The molecule has 6 nitrogen and oxygen atoms in total. The molecule has 0 radical (unpaired) electrons. The van der Waals surface area contributed by atoms with Crippen LogP contribution in [0.3, 0.4) is 0 Å². The summed E-state index contributed by atoms with van der Waals surface area (Å²) in [5, 5.41) is 5.04. The van der Waals surface area contributed by atoms with Gasteiger partial charge in [0, 0.05) is 25.5 Å². The zero-order valence-corrected chi connectivity index (χ0v) is 11.8. The zero-order chi connectivity index (χ0) is 14.8. The Kier molecular flexibility index (Phi) is 4.03. The van der Waals surface area contributed by atoms with Crippen molar-refractivity contribution in [3.05, 3.63) is 48.2 Å². The number of nitrogens with two attached hydrogens (primary N) is 2. The Morgan fingerprint density at radius 2 is 2.00 bits per heavy atom. The summed E-state index contributed by atoms with van der Waals surface area (Å²) in [4.78, 5) is 5.94. The third-order valence-electron chi connectivity index (χ3n) is 2.93. The number of anilines is 2. The van der Waals surface area contributed by atoms with Crippen molar-refractivity contribution in [1.82, 2.24) is 4.98 Å². The number of rotatable bonds is 4. The molecule has 7 heteroatoms. The van der Waals surface area contributed by atoms with Crippen LogP contribution in [0.5, 0.6) is 0 Å². The van der Waals surface area contributed by atoms with Gasteiger partial charge in [0.1, 0.15) is 10.7 Å². The summed E-state index contributed by atoms with van der Waals surface area (Å²) in [5.74, 6) is 0.617. The summed E-state index contributed by atoms with van der Waals surface area (Å²) >= 11 is 0. The Balaban J connectivity index is 2.31. The van der Waals surface area contributed by atoms with Crippen LogP contribution >= 0.6 is 0 Å². The van der Waals surface area contributed by atoms with Gasteiger partial charge in [-0.15, -0.1) is 0 Å². The molecule has 0 spiro atoms. The van der Waals surface area contributed by atoms with Gasteiger partial charge in [-0.1, -0.05) is 12.1 Å². The van der Waals surface area contributed by atoms with Crippen LogP contribution in [0.15, 0.2) is 47.5 Å². The number of pyridine rings is 1. The molecule has 1 heterocycles. The summed E-state index contributed by atoms with van der Waals surface area (Å²) in [6, 6.07) is 10.8. The van der Waals surface area contributed by atoms with Gasteiger partial charge in [-0.3, -0.25) is 0 Å². The lowest BCUT2D eigenvalue weighted by Crippen LogP contribution is -2.15. The summed E-state index contributed by atoms with van der Waals surface area (Å²) in [6.45, 7) is 0.458. The molecule has 0 bridgehead atoms. The number of primary sulfonamides is 1. The Bertz CT molecular complexity index is 699. The third kappa shape index (κ3) is 3.13. The van der Waals surface area contributed by atoms with Gasteiger partial charge in [0.05, 0.1) is 0 Å². The quantitative estimate of drug-likeness (QED) is 0.873. The van der Waals surface area contributed by atoms with Crippen LogP contribution in [0.25, 0.3) is 0 Å². The molecule has 0 aliphatic carbocycles. The maximum atomic E-state index is 11.2. The largest absolute Gasteiger partial charge is 0.329 e. The minimum Gasteiger partial charge on any atom is -0.329 e. The molecular weight excluding hydrogens is 276 g/mol. The highest BCUT2D eigenvalue weighted by Gasteiger charge is 2.10. The molecule has 2 rings (SSSR count). The molecule has 20 heavy (non-hydrogen) atoms. The van der Waals surface area contributed by atoms with Crippen molar-refractivity contribution in [1.29, 1.82) is 0 Å². The summed E-state index contributed by atoms with van der Waals surface area (Å²) in [7, 11) is -1.88. The number of hydrogen-bond donors (Lipinski definition) is 2. The first kappa shape index (κ1) is 14.4. The second-order valence-electron chi connectivity index (χ2n) is 4.33. The van der Waals surface area contributed by atoms with E-state index in [4.69, 9.17) is 10.9 Å². The average Bonchev–Trinajstić information content (AvgIpc) is 2.46. The van der Waals surface area contributed by atoms with Gasteiger partial charge < -0.3 is 10.6 Å². The molecule has 0 saturated carbocycles. The van der Waals surface area contributed by atoms with Gasteiger partial charge in [-0.25, -0.2) is 18.5 Å². The number of hydrogen-bond acceptors (Lipinski definition) is 5. The van der Waals surface area contributed by atoms with Crippen LogP contribution in [0.2, 0.25) is 0 Å². The van der Waals surface area contributed by atoms with Gasteiger partial charge in [-0.2, -0.15) is 0 Å². The summed E-state index contributed by atoms with van der Waals surface area (Å²) in [6.07, 6.45) is 1.24. The highest BCUT2D eigenvalue weighted by atomic mass is 32.2. The molecule has 0 fully saturated rings.